The van der Waals surface area contributed by atoms with Crippen molar-refractivity contribution >= 4 is 23.4 Å². The van der Waals surface area contributed by atoms with Crippen molar-refractivity contribution in [2.45, 2.75) is 37.4 Å². The molecule has 1 saturated heterocycles. The van der Waals surface area contributed by atoms with Crippen molar-refractivity contribution in [1.82, 2.24) is 10.6 Å². The average molecular weight is 409 g/mol. The zero-order chi connectivity index (χ0) is 19.6. The quantitative estimate of drug-likeness (QED) is 0.798. The Kier molecular flexibility index (Phi) is 5.75. The Bertz CT molecular complexity index is 742. The van der Waals surface area contributed by atoms with Gasteiger partial charge in [0.15, 0.2) is 0 Å². The van der Waals surface area contributed by atoms with E-state index in [0.717, 1.165) is 0 Å². The molecule has 2 heterocycles. The van der Waals surface area contributed by atoms with Crippen molar-refractivity contribution in [3.8, 4) is 5.75 Å². The largest absolute Gasteiger partial charge is 0.485 e. The van der Waals surface area contributed by atoms with Gasteiger partial charge in [-0.15, -0.1) is 0 Å². The van der Waals surface area contributed by atoms with Gasteiger partial charge in [0.2, 0.25) is 5.91 Å². The van der Waals surface area contributed by atoms with Crippen molar-refractivity contribution in [1.29, 1.82) is 0 Å². The molecule has 2 amide bonds. The molecule has 0 aromatic heterocycles. The lowest BCUT2D eigenvalue weighted by Gasteiger charge is -2.39. The highest BCUT2D eigenvalue weighted by Gasteiger charge is 2.42. The summed E-state index contributed by atoms with van der Waals surface area (Å²) >= 11 is 6.02. The number of benzene rings is 1. The molecule has 4 rings (SSSR count). The molecule has 152 valence electrons. The van der Waals surface area contributed by atoms with E-state index in [1.807, 2.05) is 0 Å². The molecular formula is C20H25ClN2O5. The summed E-state index contributed by atoms with van der Waals surface area (Å²) in [6.07, 6.45) is 2.77. The van der Waals surface area contributed by atoms with Crippen LogP contribution >= 0.6 is 11.6 Å². The van der Waals surface area contributed by atoms with Crippen LogP contribution in [0.25, 0.3) is 0 Å². The van der Waals surface area contributed by atoms with Crippen LogP contribution in [0.1, 0.15) is 36.0 Å². The monoisotopic (exact) mass is 408 g/mol. The predicted octanol–water partition coefficient (Wildman–Crippen LogP) is 1.92. The second-order valence-electron chi connectivity index (χ2n) is 7.70. The van der Waals surface area contributed by atoms with Gasteiger partial charge in [-0.05, 0) is 43.9 Å². The number of hydrogen-bond acceptors (Lipinski definition) is 5. The Balaban J connectivity index is 1.34. The molecule has 0 bridgehead atoms. The minimum Gasteiger partial charge on any atom is -0.485 e. The molecule has 28 heavy (non-hydrogen) atoms. The zero-order valence-electron chi connectivity index (χ0n) is 15.7. The van der Waals surface area contributed by atoms with E-state index in [4.69, 9.17) is 25.8 Å². The van der Waals surface area contributed by atoms with Crippen LogP contribution in [0.4, 0.5) is 0 Å². The molecule has 1 unspecified atom stereocenters. The number of nitrogens with one attached hydrogen (secondary N) is 2. The van der Waals surface area contributed by atoms with Gasteiger partial charge in [0.25, 0.3) is 5.91 Å². The molecule has 2 fully saturated rings. The molecule has 1 spiro atoms. The first-order valence-corrected chi connectivity index (χ1v) is 10.2. The number of amides is 2. The summed E-state index contributed by atoms with van der Waals surface area (Å²) in [6.45, 7) is 2.61. The molecule has 1 aromatic rings. The molecule has 1 aromatic carbocycles. The molecular weight excluding hydrogens is 384 g/mol. The molecule has 1 aliphatic carbocycles. The summed E-state index contributed by atoms with van der Waals surface area (Å²) in [5, 5.41) is 6.43. The summed E-state index contributed by atoms with van der Waals surface area (Å²) in [6, 6.07) is 5.10. The summed E-state index contributed by atoms with van der Waals surface area (Å²) in [5.74, 6) is 0.372. The lowest BCUT2D eigenvalue weighted by molar-refractivity contribution is -0.130. The molecule has 1 saturated carbocycles. The molecule has 3 aliphatic rings. The standard InChI is InChI=1S/C20H25ClN2O5/c21-14-1-2-17-16(9-14)19(25)23-12-20(28-17)5-3-13(4-6-20)18(24)22-10-15-11-26-7-8-27-15/h1-2,9,13,15H,3-8,10-12H2,(H,22,24)(H,23,25). The predicted molar refractivity (Wildman–Crippen MR) is 103 cm³/mol. The van der Waals surface area contributed by atoms with Crippen molar-refractivity contribution in [3.63, 3.8) is 0 Å². The van der Waals surface area contributed by atoms with E-state index < -0.39 is 5.60 Å². The van der Waals surface area contributed by atoms with Crippen molar-refractivity contribution in [3.05, 3.63) is 28.8 Å². The third-order valence-corrected chi connectivity index (χ3v) is 5.98. The molecule has 2 aliphatic heterocycles. The van der Waals surface area contributed by atoms with E-state index in [2.05, 4.69) is 10.6 Å². The van der Waals surface area contributed by atoms with Gasteiger partial charge in [-0.3, -0.25) is 9.59 Å². The van der Waals surface area contributed by atoms with E-state index in [1.54, 1.807) is 18.2 Å². The molecule has 0 radical (unpaired) electrons. The van der Waals surface area contributed by atoms with Crippen LogP contribution in [0.5, 0.6) is 5.75 Å². The van der Waals surface area contributed by atoms with Crippen molar-refractivity contribution in [2.75, 3.05) is 32.9 Å². The number of carbonyl (C=O) groups excluding carboxylic acids is 2. The molecule has 7 nitrogen and oxygen atoms in total. The molecule has 2 N–H and O–H groups in total. The summed E-state index contributed by atoms with van der Waals surface area (Å²) < 4.78 is 17.2. The summed E-state index contributed by atoms with van der Waals surface area (Å²) in [7, 11) is 0. The van der Waals surface area contributed by atoms with Crippen LogP contribution in [-0.4, -0.2) is 56.4 Å². The molecule has 8 heteroatoms. The van der Waals surface area contributed by atoms with Crippen LogP contribution in [-0.2, 0) is 14.3 Å². The lowest BCUT2D eigenvalue weighted by Crippen LogP contribution is -2.50. The van der Waals surface area contributed by atoms with Gasteiger partial charge in [-0.2, -0.15) is 0 Å². The number of ether oxygens (including phenoxy) is 3. The number of carbonyl (C=O) groups is 2. The van der Waals surface area contributed by atoms with Gasteiger partial charge >= 0.3 is 0 Å². The fraction of sp³-hybridized carbons (Fsp3) is 0.600. The van der Waals surface area contributed by atoms with Gasteiger partial charge < -0.3 is 24.8 Å². The second kappa shape index (κ2) is 8.27. The maximum Gasteiger partial charge on any atom is 0.255 e. The first-order valence-electron chi connectivity index (χ1n) is 9.78. The fourth-order valence-corrected chi connectivity index (χ4v) is 4.24. The minimum absolute atomic E-state index is 0.0499. The van der Waals surface area contributed by atoms with Crippen molar-refractivity contribution < 1.29 is 23.8 Å². The topological polar surface area (TPSA) is 85.9 Å². The zero-order valence-corrected chi connectivity index (χ0v) is 16.4. The number of halogens is 1. The van der Waals surface area contributed by atoms with Crippen LogP contribution in [0.15, 0.2) is 18.2 Å². The smallest absolute Gasteiger partial charge is 0.255 e. The number of rotatable bonds is 3. The Morgan fingerprint density at radius 3 is 2.86 bits per heavy atom. The van der Waals surface area contributed by atoms with Crippen LogP contribution in [0, 0.1) is 5.92 Å². The van der Waals surface area contributed by atoms with E-state index >= 15 is 0 Å². The van der Waals surface area contributed by atoms with E-state index in [-0.39, 0.29) is 23.8 Å². The van der Waals surface area contributed by atoms with Gasteiger partial charge in [0.1, 0.15) is 11.4 Å². The first kappa shape index (κ1) is 19.5. The third kappa shape index (κ3) is 4.26. The normalized spacial score (nSPS) is 30.0. The Labute approximate surface area is 169 Å². The fourth-order valence-electron chi connectivity index (χ4n) is 4.07. The summed E-state index contributed by atoms with van der Waals surface area (Å²) in [5.41, 5.74) is -0.0230. The van der Waals surface area contributed by atoms with Crippen LogP contribution in [0.2, 0.25) is 5.02 Å². The second-order valence-corrected chi connectivity index (χ2v) is 8.13. The number of fused-ring (bicyclic) bond motifs is 1. The Morgan fingerprint density at radius 1 is 1.29 bits per heavy atom. The molecule has 1 atom stereocenters. The highest BCUT2D eigenvalue weighted by atomic mass is 35.5. The SMILES string of the molecule is O=C1NCC2(CCC(C(=O)NCC3COCCO3)CC2)Oc2ccc(Cl)cc21. The van der Waals surface area contributed by atoms with Gasteiger partial charge in [-0.1, -0.05) is 11.6 Å². The van der Waals surface area contributed by atoms with Crippen LogP contribution in [0.3, 0.4) is 0 Å². The summed E-state index contributed by atoms with van der Waals surface area (Å²) in [4.78, 5) is 24.9. The Morgan fingerprint density at radius 2 is 2.11 bits per heavy atom. The average Bonchev–Trinajstić information content (AvgIpc) is 2.85. The Hall–Kier alpha value is -1.83. The van der Waals surface area contributed by atoms with E-state index in [0.29, 0.717) is 74.9 Å². The van der Waals surface area contributed by atoms with E-state index in [9.17, 15) is 9.59 Å². The first-order chi connectivity index (χ1) is 13.5. The van der Waals surface area contributed by atoms with Gasteiger partial charge in [0.05, 0.1) is 38.0 Å². The highest BCUT2D eigenvalue weighted by Crippen LogP contribution is 2.38. The lowest BCUT2D eigenvalue weighted by atomic mass is 9.78. The van der Waals surface area contributed by atoms with E-state index in [1.165, 1.54) is 0 Å². The third-order valence-electron chi connectivity index (χ3n) is 5.74. The maximum atomic E-state index is 12.5. The highest BCUT2D eigenvalue weighted by molar-refractivity contribution is 6.31. The number of hydrogen-bond donors (Lipinski definition) is 2. The van der Waals surface area contributed by atoms with Crippen LogP contribution < -0.4 is 15.4 Å². The van der Waals surface area contributed by atoms with Crippen molar-refractivity contribution in [2.24, 2.45) is 5.92 Å². The van der Waals surface area contributed by atoms with Gasteiger partial charge in [-0.25, -0.2) is 0 Å². The van der Waals surface area contributed by atoms with Gasteiger partial charge in [0, 0.05) is 17.5 Å². The maximum absolute atomic E-state index is 12.5. The minimum atomic E-state index is -0.480.